The Balaban J connectivity index is 2.16. The number of nitrogens with zero attached hydrogens (tertiary/aromatic N) is 3. The van der Waals surface area contributed by atoms with Gasteiger partial charge in [-0.25, -0.2) is 0 Å². The molecule has 2 aromatic carbocycles. The van der Waals surface area contributed by atoms with Crippen molar-refractivity contribution in [1.29, 1.82) is 0 Å². The van der Waals surface area contributed by atoms with E-state index < -0.39 is 0 Å². The molecule has 0 spiro atoms. The third kappa shape index (κ3) is 2.93. The fourth-order valence-corrected chi connectivity index (χ4v) is 2.67. The Kier molecular flexibility index (Phi) is 4.42. The average molecular weight is 323 g/mol. The van der Waals surface area contributed by atoms with Crippen molar-refractivity contribution in [3.8, 4) is 17.2 Å². The lowest BCUT2D eigenvalue weighted by molar-refractivity contribution is 0.355. The monoisotopic (exact) mass is 323 g/mol. The van der Waals surface area contributed by atoms with Gasteiger partial charge in [-0.3, -0.25) is 0 Å². The van der Waals surface area contributed by atoms with Crippen molar-refractivity contribution in [3.05, 3.63) is 54.2 Å². The number of hydrogen-bond donors (Lipinski definition) is 0. The topological polar surface area (TPSA) is 39.0 Å². The zero-order valence-corrected chi connectivity index (χ0v) is 14.4. The maximum Gasteiger partial charge on any atom is 0.162 e. The maximum atomic E-state index is 5.42. The van der Waals surface area contributed by atoms with E-state index in [1.165, 1.54) is 0 Å². The molecule has 0 atom stereocenters. The number of methoxy groups -OCH3 is 2. The van der Waals surface area contributed by atoms with Gasteiger partial charge in [0.1, 0.15) is 0 Å². The van der Waals surface area contributed by atoms with Crippen molar-refractivity contribution in [1.82, 2.24) is 9.58 Å². The van der Waals surface area contributed by atoms with Gasteiger partial charge in [-0.15, -0.1) is 0 Å². The van der Waals surface area contributed by atoms with Crippen LogP contribution in [0.15, 0.2) is 53.8 Å². The molecule has 3 rings (SSSR count). The Morgan fingerprint density at radius 2 is 1.75 bits per heavy atom. The first-order valence-corrected chi connectivity index (χ1v) is 7.68. The van der Waals surface area contributed by atoms with Crippen molar-refractivity contribution in [2.24, 2.45) is 5.10 Å². The van der Waals surface area contributed by atoms with Crippen LogP contribution >= 0.6 is 0 Å². The highest BCUT2D eigenvalue weighted by Crippen LogP contribution is 2.31. The Labute approximate surface area is 141 Å². The van der Waals surface area contributed by atoms with Gasteiger partial charge in [0.05, 0.1) is 26.0 Å². The predicted octanol–water partition coefficient (Wildman–Crippen LogP) is 3.54. The number of aromatic nitrogens is 1. The van der Waals surface area contributed by atoms with Gasteiger partial charge in [0.2, 0.25) is 0 Å². The maximum absolute atomic E-state index is 5.42. The van der Waals surface area contributed by atoms with Crippen LogP contribution in [0.3, 0.4) is 0 Å². The number of hydrogen-bond acceptors (Lipinski definition) is 4. The van der Waals surface area contributed by atoms with Gasteiger partial charge in [-0.05, 0) is 18.2 Å². The lowest BCUT2D eigenvalue weighted by atomic mass is 10.2. The van der Waals surface area contributed by atoms with Crippen LogP contribution in [0.25, 0.3) is 16.6 Å². The normalized spacial score (nSPS) is 11.2. The zero-order valence-electron chi connectivity index (χ0n) is 14.4. The third-order valence-corrected chi connectivity index (χ3v) is 3.82. The van der Waals surface area contributed by atoms with E-state index in [4.69, 9.17) is 9.47 Å². The Bertz CT molecular complexity index is 881. The van der Waals surface area contributed by atoms with Crippen LogP contribution in [0.1, 0.15) is 5.56 Å². The van der Waals surface area contributed by atoms with E-state index in [0.717, 1.165) is 22.2 Å². The summed E-state index contributed by atoms with van der Waals surface area (Å²) in [6.07, 6.45) is 3.96. The van der Waals surface area contributed by atoms with E-state index in [1.807, 2.05) is 50.6 Å². The first kappa shape index (κ1) is 15.9. The van der Waals surface area contributed by atoms with Crippen LogP contribution in [0.2, 0.25) is 0 Å². The molecule has 0 aliphatic rings. The van der Waals surface area contributed by atoms with Crippen molar-refractivity contribution in [2.45, 2.75) is 0 Å². The second kappa shape index (κ2) is 6.66. The molecule has 0 N–H and O–H groups in total. The number of ether oxygens (including phenoxy) is 2. The van der Waals surface area contributed by atoms with E-state index in [2.05, 4.69) is 28.0 Å². The van der Waals surface area contributed by atoms with Gasteiger partial charge in [0, 0.05) is 43.0 Å². The van der Waals surface area contributed by atoms with Gasteiger partial charge in [0.15, 0.2) is 11.5 Å². The minimum atomic E-state index is 0.705. The summed E-state index contributed by atoms with van der Waals surface area (Å²) in [5.74, 6) is 1.42. The number of para-hydroxylation sites is 1. The molecule has 0 fully saturated rings. The van der Waals surface area contributed by atoms with Crippen LogP contribution < -0.4 is 9.47 Å². The molecule has 124 valence electrons. The molecule has 0 aliphatic carbocycles. The summed E-state index contributed by atoms with van der Waals surface area (Å²) < 4.78 is 12.9. The number of benzene rings is 2. The molecule has 0 radical (unpaired) electrons. The van der Waals surface area contributed by atoms with Crippen molar-refractivity contribution < 1.29 is 9.47 Å². The molecule has 5 heteroatoms. The number of hydrazone groups is 1. The molecule has 3 aromatic rings. The lowest BCUT2D eigenvalue weighted by Gasteiger charge is -2.11. The molecule has 24 heavy (non-hydrogen) atoms. The van der Waals surface area contributed by atoms with Crippen LogP contribution in [0.5, 0.6) is 11.5 Å². The molecular formula is C19H21N3O2. The standard InChI is InChI=1S/C19H21N3O2/c1-21(2)20-12-14-13-22(17-8-6-5-7-16(14)17)15-9-10-18(23-3)19(11-15)24-4/h5-13H,1-4H3/b20-12+. The summed E-state index contributed by atoms with van der Waals surface area (Å²) in [5, 5.41) is 7.29. The van der Waals surface area contributed by atoms with Crippen molar-refractivity contribution in [2.75, 3.05) is 28.3 Å². The molecule has 0 unspecified atom stereocenters. The number of fused-ring (bicyclic) bond motifs is 1. The third-order valence-electron chi connectivity index (χ3n) is 3.82. The van der Waals surface area contributed by atoms with Gasteiger partial charge < -0.3 is 19.0 Å². The summed E-state index contributed by atoms with van der Waals surface area (Å²) in [5.41, 5.74) is 3.19. The van der Waals surface area contributed by atoms with E-state index in [1.54, 1.807) is 19.2 Å². The van der Waals surface area contributed by atoms with Gasteiger partial charge in [0.25, 0.3) is 0 Å². The molecule has 5 nitrogen and oxygen atoms in total. The predicted molar refractivity (Wildman–Crippen MR) is 97.7 cm³/mol. The number of rotatable bonds is 5. The molecule has 0 amide bonds. The van der Waals surface area contributed by atoms with E-state index in [9.17, 15) is 0 Å². The zero-order chi connectivity index (χ0) is 17.1. The van der Waals surface area contributed by atoms with E-state index >= 15 is 0 Å². The lowest BCUT2D eigenvalue weighted by Crippen LogP contribution is -2.01. The highest BCUT2D eigenvalue weighted by atomic mass is 16.5. The van der Waals surface area contributed by atoms with Gasteiger partial charge in [-0.1, -0.05) is 18.2 Å². The molecule has 0 saturated heterocycles. The fourth-order valence-electron chi connectivity index (χ4n) is 2.67. The smallest absolute Gasteiger partial charge is 0.162 e. The van der Waals surface area contributed by atoms with Crippen molar-refractivity contribution >= 4 is 17.1 Å². The van der Waals surface area contributed by atoms with Crippen LogP contribution in [0, 0.1) is 0 Å². The highest BCUT2D eigenvalue weighted by Gasteiger charge is 2.11. The average Bonchev–Trinajstić information content (AvgIpc) is 2.98. The largest absolute Gasteiger partial charge is 0.493 e. The van der Waals surface area contributed by atoms with Gasteiger partial charge >= 0.3 is 0 Å². The van der Waals surface area contributed by atoms with Gasteiger partial charge in [-0.2, -0.15) is 5.10 Å². The molecule has 0 aliphatic heterocycles. The quantitative estimate of drug-likeness (QED) is 0.532. The SMILES string of the molecule is COc1ccc(-n2cc(/C=N/N(C)C)c3ccccc32)cc1OC. The second-order valence-electron chi connectivity index (χ2n) is 5.60. The van der Waals surface area contributed by atoms with Crippen LogP contribution in [-0.4, -0.2) is 44.1 Å². The first-order chi connectivity index (χ1) is 11.6. The van der Waals surface area contributed by atoms with E-state index in [-0.39, 0.29) is 0 Å². The molecule has 0 saturated carbocycles. The molecular weight excluding hydrogens is 302 g/mol. The highest BCUT2D eigenvalue weighted by molar-refractivity contribution is 6.00. The molecule has 1 aromatic heterocycles. The Morgan fingerprint density at radius 3 is 2.46 bits per heavy atom. The van der Waals surface area contributed by atoms with Crippen molar-refractivity contribution in [3.63, 3.8) is 0 Å². The first-order valence-electron chi connectivity index (χ1n) is 7.68. The fraction of sp³-hybridized carbons (Fsp3) is 0.211. The Morgan fingerprint density at radius 1 is 1.00 bits per heavy atom. The summed E-state index contributed by atoms with van der Waals surface area (Å²) in [4.78, 5) is 0. The molecule has 1 heterocycles. The minimum absolute atomic E-state index is 0.705. The summed E-state index contributed by atoms with van der Waals surface area (Å²) >= 11 is 0. The Hall–Kier alpha value is -2.95. The molecule has 0 bridgehead atoms. The van der Waals surface area contributed by atoms with Crippen LogP contribution in [0.4, 0.5) is 0 Å². The summed E-state index contributed by atoms with van der Waals surface area (Å²) in [6.45, 7) is 0. The minimum Gasteiger partial charge on any atom is -0.493 e. The second-order valence-corrected chi connectivity index (χ2v) is 5.60. The summed E-state index contributed by atoms with van der Waals surface area (Å²) in [6, 6.07) is 14.2. The van der Waals surface area contributed by atoms with Crippen LogP contribution in [-0.2, 0) is 0 Å². The summed E-state index contributed by atoms with van der Waals surface area (Å²) in [7, 11) is 7.09. The van der Waals surface area contributed by atoms with E-state index in [0.29, 0.717) is 11.5 Å².